The Morgan fingerprint density at radius 1 is 1.05 bits per heavy atom. The Morgan fingerprint density at radius 2 is 1.84 bits per heavy atom. The highest BCUT2D eigenvalue weighted by molar-refractivity contribution is 9.11. The van der Waals surface area contributed by atoms with Crippen LogP contribution in [0.2, 0.25) is 0 Å². The standard InChI is InChI=1S/C15H15Br2NO/c1-10-2-3-11(6-7-18)8-15(10)19-14-5-4-12(16)9-13(14)17/h2-5,8-9H,6-7,18H2,1H3. The summed E-state index contributed by atoms with van der Waals surface area (Å²) in [5.41, 5.74) is 7.89. The first-order chi connectivity index (χ1) is 9.10. The highest BCUT2D eigenvalue weighted by Gasteiger charge is 2.06. The number of hydrogen-bond donors (Lipinski definition) is 1. The Labute approximate surface area is 130 Å². The van der Waals surface area contributed by atoms with Crippen molar-refractivity contribution in [1.82, 2.24) is 0 Å². The molecule has 2 aromatic carbocycles. The van der Waals surface area contributed by atoms with E-state index in [2.05, 4.69) is 50.1 Å². The molecule has 0 radical (unpaired) electrons. The maximum absolute atomic E-state index is 5.97. The van der Waals surface area contributed by atoms with Crippen LogP contribution in [0.15, 0.2) is 45.3 Å². The van der Waals surface area contributed by atoms with Gasteiger partial charge >= 0.3 is 0 Å². The number of benzene rings is 2. The summed E-state index contributed by atoms with van der Waals surface area (Å²) in [5, 5.41) is 0. The van der Waals surface area contributed by atoms with Gasteiger partial charge in [-0.15, -0.1) is 0 Å². The Balaban J connectivity index is 2.29. The van der Waals surface area contributed by atoms with Gasteiger partial charge in [0.05, 0.1) is 4.47 Å². The van der Waals surface area contributed by atoms with E-state index in [0.29, 0.717) is 6.54 Å². The third kappa shape index (κ3) is 3.81. The highest BCUT2D eigenvalue weighted by Crippen LogP contribution is 2.33. The van der Waals surface area contributed by atoms with Crippen LogP contribution >= 0.6 is 31.9 Å². The molecule has 19 heavy (non-hydrogen) atoms. The van der Waals surface area contributed by atoms with Crippen molar-refractivity contribution in [2.75, 3.05) is 6.54 Å². The van der Waals surface area contributed by atoms with Crippen LogP contribution in [0.3, 0.4) is 0 Å². The van der Waals surface area contributed by atoms with Gasteiger partial charge in [-0.05, 0) is 71.2 Å². The Morgan fingerprint density at radius 3 is 2.53 bits per heavy atom. The molecule has 0 saturated heterocycles. The van der Waals surface area contributed by atoms with Gasteiger partial charge < -0.3 is 10.5 Å². The molecule has 0 spiro atoms. The number of rotatable bonds is 4. The summed E-state index contributed by atoms with van der Waals surface area (Å²) in [5.74, 6) is 1.67. The molecule has 4 heteroatoms. The zero-order valence-corrected chi connectivity index (χ0v) is 13.8. The van der Waals surface area contributed by atoms with Crippen molar-refractivity contribution in [3.63, 3.8) is 0 Å². The van der Waals surface area contributed by atoms with Gasteiger partial charge in [-0.1, -0.05) is 28.1 Å². The molecule has 2 rings (SSSR count). The fourth-order valence-corrected chi connectivity index (χ4v) is 2.88. The van der Waals surface area contributed by atoms with Crippen molar-refractivity contribution < 1.29 is 4.74 Å². The van der Waals surface area contributed by atoms with Gasteiger partial charge in [-0.25, -0.2) is 0 Å². The van der Waals surface area contributed by atoms with Crippen molar-refractivity contribution in [1.29, 1.82) is 0 Å². The van der Waals surface area contributed by atoms with Crippen LogP contribution in [0.1, 0.15) is 11.1 Å². The van der Waals surface area contributed by atoms with E-state index >= 15 is 0 Å². The maximum Gasteiger partial charge on any atom is 0.141 e. The van der Waals surface area contributed by atoms with Crippen LogP contribution < -0.4 is 10.5 Å². The van der Waals surface area contributed by atoms with Crippen LogP contribution in [-0.4, -0.2) is 6.54 Å². The van der Waals surface area contributed by atoms with E-state index in [4.69, 9.17) is 10.5 Å². The topological polar surface area (TPSA) is 35.2 Å². The molecule has 0 heterocycles. The van der Waals surface area contributed by atoms with Gasteiger partial charge in [0.1, 0.15) is 11.5 Å². The SMILES string of the molecule is Cc1ccc(CCN)cc1Oc1ccc(Br)cc1Br. The maximum atomic E-state index is 5.97. The highest BCUT2D eigenvalue weighted by atomic mass is 79.9. The first-order valence-electron chi connectivity index (χ1n) is 6.02. The second-order valence-electron chi connectivity index (χ2n) is 4.32. The molecule has 2 aromatic rings. The molecular formula is C15H15Br2NO. The molecule has 0 saturated carbocycles. The average molecular weight is 385 g/mol. The summed E-state index contributed by atoms with van der Waals surface area (Å²) in [6, 6.07) is 12.1. The normalized spacial score (nSPS) is 10.5. The molecule has 0 unspecified atom stereocenters. The van der Waals surface area contributed by atoms with E-state index in [-0.39, 0.29) is 0 Å². The number of ether oxygens (including phenoxy) is 1. The lowest BCUT2D eigenvalue weighted by Crippen LogP contribution is -2.03. The van der Waals surface area contributed by atoms with Crippen molar-refractivity contribution in [3.8, 4) is 11.5 Å². The zero-order chi connectivity index (χ0) is 13.8. The molecule has 2 nitrogen and oxygen atoms in total. The largest absolute Gasteiger partial charge is 0.456 e. The molecule has 0 bridgehead atoms. The van der Waals surface area contributed by atoms with Gasteiger partial charge in [-0.2, -0.15) is 0 Å². The first kappa shape index (κ1) is 14.6. The van der Waals surface area contributed by atoms with Gasteiger partial charge in [0.2, 0.25) is 0 Å². The number of nitrogens with two attached hydrogens (primary N) is 1. The van der Waals surface area contributed by atoms with E-state index in [9.17, 15) is 0 Å². The van der Waals surface area contributed by atoms with Crippen LogP contribution in [0.25, 0.3) is 0 Å². The molecule has 0 aliphatic heterocycles. The fraction of sp³-hybridized carbons (Fsp3) is 0.200. The fourth-order valence-electron chi connectivity index (χ4n) is 1.75. The first-order valence-corrected chi connectivity index (χ1v) is 7.61. The Bertz CT molecular complexity index is 584. The van der Waals surface area contributed by atoms with Gasteiger partial charge in [0.15, 0.2) is 0 Å². The number of hydrogen-bond acceptors (Lipinski definition) is 2. The molecule has 2 N–H and O–H groups in total. The van der Waals surface area contributed by atoms with Gasteiger partial charge in [0, 0.05) is 4.47 Å². The van der Waals surface area contributed by atoms with Crippen LogP contribution in [0, 0.1) is 6.92 Å². The van der Waals surface area contributed by atoms with Gasteiger partial charge in [0.25, 0.3) is 0 Å². The van der Waals surface area contributed by atoms with Gasteiger partial charge in [-0.3, -0.25) is 0 Å². The summed E-state index contributed by atoms with van der Waals surface area (Å²) in [6.45, 7) is 2.68. The molecule has 0 aliphatic carbocycles. The summed E-state index contributed by atoms with van der Waals surface area (Å²) < 4.78 is 7.91. The zero-order valence-electron chi connectivity index (χ0n) is 10.6. The predicted octanol–water partition coefficient (Wildman–Crippen LogP) is 4.81. The van der Waals surface area contributed by atoms with E-state index < -0.39 is 0 Å². The third-order valence-electron chi connectivity index (χ3n) is 2.80. The second kappa shape index (κ2) is 6.55. The summed E-state index contributed by atoms with van der Waals surface area (Å²) in [7, 11) is 0. The van der Waals surface area contributed by atoms with E-state index in [0.717, 1.165) is 32.4 Å². The predicted molar refractivity (Wildman–Crippen MR) is 85.9 cm³/mol. The molecular weight excluding hydrogens is 370 g/mol. The Hall–Kier alpha value is -0.840. The Kier molecular flexibility index (Phi) is 5.02. The van der Waals surface area contributed by atoms with Crippen molar-refractivity contribution in [2.24, 2.45) is 5.73 Å². The van der Waals surface area contributed by atoms with Crippen molar-refractivity contribution >= 4 is 31.9 Å². The molecule has 0 fully saturated rings. The van der Waals surface area contributed by atoms with Crippen molar-refractivity contribution in [2.45, 2.75) is 13.3 Å². The molecule has 100 valence electrons. The van der Waals surface area contributed by atoms with E-state index in [1.54, 1.807) is 0 Å². The van der Waals surface area contributed by atoms with Crippen LogP contribution in [-0.2, 0) is 6.42 Å². The minimum absolute atomic E-state index is 0.643. The monoisotopic (exact) mass is 383 g/mol. The second-order valence-corrected chi connectivity index (χ2v) is 6.09. The lowest BCUT2D eigenvalue weighted by atomic mass is 10.1. The van der Waals surface area contributed by atoms with Crippen molar-refractivity contribution in [3.05, 3.63) is 56.5 Å². The lowest BCUT2D eigenvalue weighted by Gasteiger charge is -2.12. The minimum atomic E-state index is 0.643. The molecule has 0 aromatic heterocycles. The van der Waals surface area contributed by atoms with Crippen LogP contribution in [0.5, 0.6) is 11.5 Å². The lowest BCUT2D eigenvalue weighted by molar-refractivity contribution is 0.475. The van der Waals surface area contributed by atoms with E-state index in [1.165, 1.54) is 5.56 Å². The number of halogens is 2. The van der Waals surface area contributed by atoms with Crippen LogP contribution in [0.4, 0.5) is 0 Å². The molecule has 0 atom stereocenters. The molecule has 0 aliphatic rings. The minimum Gasteiger partial charge on any atom is -0.456 e. The average Bonchev–Trinajstić information content (AvgIpc) is 2.37. The summed E-state index contributed by atoms with van der Waals surface area (Å²) >= 11 is 6.93. The summed E-state index contributed by atoms with van der Waals surface area (Å²) in [4.78, 5) is 0. The quantitative estimate of drug-likeness (QED) is 0.820. The molecule has 0 amide bonds. The summed E-state index contributed by atoms with van der Waals surface area (Å²) in [6.07, 6.45) is 0.859. The number of aryl methyl sites for hydroxylation is 1. The third-order valence-corrected chi connectivity index (χ3v) is 3.91. The van der Waals surface area contributed by atoms with E-state index in [1.807, 2.05) is 25.1 Å². The smallest absolute Gasteiger partial charge is 0.141 e.